The molecule has 0 amide bonds. The summed E-state index contributed by atoms with van der Waals surface area (Å²) in [4.78, 5) is 50.2. The quantitative estimate of drug-likeness (QED) is 0.583. The lowest BCUT2D eigenvalue weighted by Crippen LogP contribution is -2.37. The molecule has 2 aromatic rings. The molecule has 0 saturated heterocycles. The fraction of sp³-hybridized carbons (Fsp3) is 0.273. The molecule has 1 aliphatic heterocycles. The molecule has 7 nitrogen and oxygen atoms in total. The summed E-state index contributed by atoms with van der Waals surface area (Å²) in [5, 5.41) is 1.23. The zero-order valence-corrected chi connectivity index (χ0v) is 15.9. The molecule has 29 heavy (non-hydrogen) atoms. The number of ether oxygens (including phenoxy) is 3. The Labute approximate surface area is 166 Å². The number of ketones is 2. The fourth-order valence-corrected chi connectivity index (χ4v) is 3.74. The smallest absolute Gasteiger partial charge is 0.335 e. The number of hydrogen-bond donors (Lipinski definition) is 0. The monoisotopic (exact) mass is 394 g/mol. The minimum Gasteiger partial charge on any atom is -0.464 e. The fourth-order valence-electron chi connectivity index (χ4n) is 3.74. The van der Waals surface area contributed by atoms with Crippen molar-refractivity contribution in [2.45, 2.75) is 26.4 Å². The van der Waals surface area contributed by atoms with E-state index in [-0.39, 0.29) is 53.4 Å². The van der Waals surface area contributed by atoms with Gasteiger partial charge in [-0.1, -0.05) is 24.3 Å². The van der Waals surface area contributed by atoms with Crippen molar-refractivity contribution in [3.05, 3.63) is 52.6 Å². The summed E-state index contributed by atoms with van der Waals surface area (Å²) in [5.41, 5.74) is 0.650. The summed E-state index contributed by atoms with van der Waals surface area (Å²) < 4.78 is 15.8. The van der Waals surface area contributed by atoms with Gasteiger partial charge in [0.2, 0.25) is 0 Å². The van der Waals surface area contributed by atoms with Crippen LogP contribution >= 0.6 is 0 Å². The number of hydrogen-bond acceptors (Lipinski definition) is 7. The first-order chi connectivity index (χ1) is 13.9. The Morgan fingerprint density at radius 3 is 2.62 bits per heavy atom. The van der Waals surface area contributed by atoms with Crippen LogP contribution < -0.4 is 4.74 Å². The van der Waals surface area contributed by atoms with Gasteiger partial charge in [0.05, 0.1) is 18.8 Å². The Kier molecular flexibility index (Phi) is 4.76. The third-order valence-electron chi connectivity index (χ3n) is 5.00. The van der Waals surface area contributed by atoms with Crippen molar-refractivity contribution in [2.24, 2.45) is 0 Å². The first-order valence-corrected chi connectivity index (χ1v) is 9.26. The molecule has 4 rings (SSSR count). The molecule has 1 aliphatic carbocycles. The molecule has 0 N–H and O–H groups in total. The second kappa shape index (κ2) is 7.25. The van der Waals surface area contributed by atoms with E-state index in [4.69, 9.17) is 14.2 Å². The highest BCUT2D eigenvalue weighted by Gasteiger charge is 2.41. The molecule has 0 spiro atoms. The van der Waals surface area contributed by atoms with Gasteiger partial charge in [-0.25, -0.2) is 4.79 Å². The van der Waals surface area contributed by atoms with E-state index in [2.05, 4.69) is 0 Å². The third kappa shape index (κ3) is 3.13. The van der Waals surface area contributed by atoms with Crippen LogP contribution in [0.4, 0.5) is 0 Å². The van der Waals surface area contributed by atoms with Gasteiger partial charge in [0.15, 0.2) is 23.4 Å². The van der Waals surface area contributed by atoms with Crippen molar-refractivity contribution in [1.29, 1.82) is 0 Å². The lowest BCUT2D eigenvalue weighted by molar-refractivity contribution is -0.156. The first kappa shape index (κ1) is 19.0. The Balaban J connectivity index is 1.86. The molecule has 0 saturated carbocycles. The van der Waals surface area contributed by atoms with E-state index in [1.807, 2.05) is 0 Å². The zero-order chi connectivity index (χ0) is 20.7. The van der Waals surface area contributed by atoms with Gasteiger partial charge in [-0.05, 0) is 18.4 Å². The van der Waals surface area contributed by atoms with Crippen molar-refractivity contribution in [3.8, 4) is 5.75 Å². The topological polar surface area (TPSA) is 96.0 Å². The molecule has 1 atom stereocenters. The van der Waals surface area contributed by atoms with Crippen LogP contribution in [-0.4, -0.2) is 42.8 Å². The van der Waals surface area contributed by atoms with E-state index in [1.165, 1.54) is 6.92 Å². The van der Waals surface area contributed by atoms with Crippen molar-refractivity contribution in [3.63, 3.8) is 0 Å². The first-order valence-electron chi connectivity index (χ1n) is 9.26. The maximum absolute atomic E-state index is 13.2. The van der Waals surface area contributed by atoms with E-state index in [0.717, 1.165) is 0 Å². The SMILES string of the molecule is CCOC(=O)C1CC2=C(CO1)C(=O)c1c(cc3ccccc3c1OC(C)=O)C2=O. The van der Waals surface area contributed by atoms with E-state index >= 15 is 0 Å². The molecule has 0 bridgehead atoms. The molecule has 2 aliphatic rings. The van der Waals surface area contributed by atoms with Crippen LogP contribution in [-0.2, 0) is 19.1 Å². The van der Waals surface area contributed by atoms with Crippen LogP contribution in [0.25, 0.3) is 10.8 Å². The predicted octanol–water partition coefficient (Wildman–Crippen LogP) is 2.79. The summed E-state index contributed by atoms with van der Waals surface area (Å²) in [6.45, 7) is 2.92. The lowest BCUT2D eigenvalue weighted by Gasteiger charge is -2.29. The Hall–Kier alpha value is -3.32. The van der Waals surface area contributed by atoms with Crippen LogP contribution in [0, 0.1) is 0 Å². The van der Waals surface area contributed by atoms with Crippen molar-refractivity contribution >= 4 is 34.3 Å². The van der Waals surface area contributed by atoms with Crippen molar-refractivity contribution < 1.29 is 33.4 Å². The highest BCUT2D eigenvalue weighted by Crippen LogP contribution is 2.41. The summed E-state index contributed by atoms with van der Waals surface area (Å²) in [6, 6.07) is 8.67. The summed E-state index contributed by atoms with van der Waals surface area (Å²) in [7, 11) is 0. The molecular formula is C22H18O7. The number of Topliss-reactive ketones (excluding diaryl/α,β-unsaturated/α-hetero) is 2. The van der Waals surface area contributed by atoms with Crippen LogP contribution in [0.15, 0.2) is 41.5 Å². The summed E-state index contributed by atoms with van der Waals surface area (Å²) in [6.07, 6.45) is -0.964. The van der Waals surface area contributed by atoms with Crippen LogP contribution in [0.2, 0.25) is 0 Å². The van der Waals surface area contributed by atoms with Gasteiger partial charge < -0.3 is 14.2 Å². The highest BCUT2D eigenvalue weighted by atomic mass is 16.6. The van der Waals surface area contributed by atoms with Crippen LogP contribution in [0.1, 0.15) is 41.0 Å². The summed E-state index contributed by atoms with van der Waals surface area (Å²) in [5.74, 6) is -1.89. The molecule has 2 aromatic carbocycles. The largest absolute Gasteiger partial charge is 0.464 e. The molecule has 0 radical (unpaired) electrons. The second-order valence-corrected chi connectivity index (χ2v) is 6.81. The molecule has 7 heteroatoms. The number of benzene rings is 2. The van der Waals surface area contributed by atoms with Gasteiger partial charge in [0.25, 0.3) is 0 Å². The second-order valence-electron chi connectivity index (χ2n) is 6.81. The maximum Gasteiger partial charge on any atom is 0.335 e. The van der Waals surface area contributed by atoms with Gasteiger partial charge in [0.1, 0.15) is 0 Å². The maximum atomic E-state index is 13.2. The Bertz CT molecular complexity index is 1110. The van der Waals surface area contributed by atoms with Gasteiger partial charge in [-0.2, -0.15) is 0 Å². The van der Waals surface area contributed by atoms with Gasteiger partial charge in [0, 0.05) is 35.4 Å². The molecule has 0 fully saturated rings. The minimum atomic E-state index is -0.930. The van der Waals surface area contributed by atoms with Crippen molar-refractivity contribution in [2.75, 3.05) is 13.2 Å². The molecule has 1 heterocycles. The van der Waals surface area contributed by atoms with Gasteiger partial charge in [-0.3, -0.25) is 14.4 Å². The van der Waals surface area contributed by atoms with E-state index in [9.17, 15) is 19.2 Å². The summed E-state index contributed by atoms with van der Waals surface area (Å²) >= 11 is 0. The molecule has 1 unspecified atom stereocenters. The third-order valence-corrected chi connectivity index (χ3v) is 5.00. The van der Waals surface area contributed by atoms with E-state index in [0.29, 0.717) is 10.8 Å². The average Bonchev–Trinajstić information content (AvgIpc) is 2.71. The van der Waals surface area contributed by atoms with Gasteiger partial charge in [-0.15, -0.1) is 0 Å². The Morgan fingerprint density at radius 1 is 1.14 bits per heavy atom. The Morgan fingerprint density at radius 2 is 1.90 bits per heavy atom. The highest BCUT2D eigenvalue weighted by molar-refractivity contribution is 6.30. The van der Waals surface area contributed by atoms with Crippen LogP contribution in [0.3, 0.4) is 0 Å². The van der Waals surface area contributed by atoms with E-state index < -0.39 is 23.8 Å². The number of carbonyl (C=O) groups is 4. The number of fused-ring (bicyclic) bond motifs is 2. The van der Waals surface area contributed by atoms with E-state index in [1.54, 1.807) is 37.3 Å². The molecule has 148 valence electrons. The average molecular weight is 394 g/mol. The number of carbonyl (C=O) groups excluding carboxylic acids is 4. The van der Waals surface area contributed by atoms with Crippen LogP contribution in [0.5, 0.6) is 5.75 Å². The standard InChI is InChI=1S/C22H18O7/c1-3-27-22(26)17-9-14-16(10-28-17)20(25)18-15(19(14)24)8-12-6-4-5-7-13(12)21(18)29-11(2)23/h4-8,17H,3,9-10H2,1-2H3. The normalized spacial score (nSPS) is 18.3. The van der Waals surface area contributed by atoms with Gasteiger partial charge >= 0.3 is 11.9 Å². The predicted molar refractivity (Wildman–Crippen MR) is 102 cm³/mol. The molecule has 0 aromatic heterocycles. The molecular weight excluding hydrogens is 376 g/mol. The number of rotatable bonds is 3. The van der Waals surface area contributed by atoms with Crippen molar-refractivity contribution in [1.82, 2.24) is 0 Å². The lowest BCUT2D eigenvalue weighted by atomic mass is 9.79. The number of esters is 2. The zero-order valence-electron chi connectivity index (χ0n) is 15.9. The minimum absolute atomic E-state index is 0.0338.